The van der Waals surface area contributed by atoms with Gasteiger partial charge in [0.25, 0.3) is 0 Å². The summed E-state index contributed by atoms with van der Waals surface area (Å²) in [6.07, 6.45) is 6.50. The fraction of sp³-hybridized carbons (Fsp3) is 0.250. The molecule has 114 valence electrons. The number of amides is 1. The summed E-state index contributed by atoms with van der Waals surface area (Å²) in [5.41, 5.74) is 7.09. The highest BCUT2D eigenvalue weighted by Gasteiger charge is 2.20. The molecule has 22 heavy (non-hydrogen) atoms. The Morgan fingerprint density at radius 2 is 2.23 bits per heavy atom. The fourth-order valence-electron chi connectivity index (χ4n) is 2.65. The topological polar surface area (TPSA) is 83.8 Å². The van der Waals surface area contributed by atoms with Crippen LogP contribution >= 0.6 is 0 Å². The molecule has 1 aromatic heterocycles. The van der Waals surface area contributed by atoms with Crippen LogP contribution in [0.3, 0.4) is 0 Å². The average Bonchev–Trinajstić information content (AvgIpc) is 3.09. The molecule has 2 aromatic rings. The minimum absolute atomic E-state index is 0.0284. The Kier molecular flexibility index (Phi) is 4.02. The molecule has 6 heteroatoms. The summed E-state index contributed by atoms with van der Waals surface area (Å²) in [7, 11) is 0. The summed E-state index contributed by atoms with van der Waals surface area (Å²) in [4.78, 5) is 12.1. The number of nitrogens with one attached hydrogen (secondary N) is 2. The molecule has 0 fully saturated rings. The minimum Gasteiger partial charge on any atom is -0.324 e. The van der Waals surface area contributed by atoms with Crippen LogP contribution in [-0.2, 0) is 4.79 Å². The van der Waals surface area contributed by atoms with E-state index >= 15 is 0 Å². The van der Waals surface area contributed by atoms with E-state index in [2.05, 4.69) is 15.5 Å². The van der Waals surface area contributed by atoms with Crippen molar-refractivity contribution in [2.45, 2.75) is 18.9 Å². The van der Waals surface area contributed by atoms with Crippen molar-refractivity contribution in [3.05, 3.63) is 48.4 Å². The van der Waals surface area contributed by atoms with E-state index < -0.39 is 0 Å². The molecule has 4 N–H and O–H groups in total. The lowest BCUT2D eigenvalue weighted by Gasteiger charge is -2.10. The SMILES string of the molecule is N[C@H]1C=C[C@@H](CC(=O)Nc2cn[nH]c2-c2ccccc2F)C1. The molecule has 0 bridgehead atoms. The molecule has 0 saturated heterocycles. The number of aromatic amines is 1. The Bertz CT molecular complexity index is 710. The van der Waals surface area contributed by atoms with Gasteiger partial charge in [0.05, 0.1) is 17.6 Å². The number of hydrogen-bond donors (Lipinski definition) is 3. The number of H-pyrrole nitrogens is 1. The number of benzene rings is 1. The second-order valence-electron chi connectivity index (χ2n) is 5.44. The summed E-state index contributed by atoms with van der Waals surface area (Å²) >= 11 is 0. The van der Waals surface area contributed by atoms with Crippen LogP contribution < -0.4 is 11.1 Å². The van der Waals surface area contributed by atoms with Crippen molar-refractivity contribution in [2.24, 2.45) is 11.7 Å². The highest BCUT2D eigenvalue weighted by molar-refractivity contribution is 5.94. The molecular weight excluding hydrogens is 283 g/mol. The Morgan fingerprint density at radius 1 is 1.41 bits per heavy atom. The zero-order valence-electron chi connectivity index (χ0n) is 11.9. The van der Waals surface area contributed by atoms with Gasteiger partial charge in [-0.1, -0.05) is 24.3 Å². The van der Waals surface area contributed by atoms with Gasteiger partial charge in [-0.05, 0) is 24.5 Å². The van der Waals surface area contributed by atoms with Crippen LogP contribution in [0.4, 0.5) is 10.1 Å². The Labute approximate surface area is 127 Å². The molecule has 1 aromatic carbocycles. The third kappa shape index (κ3) is 3.07. The molecule has 2 atom stereocenters. The molecule has 0 unspecified atom stereocenters. The molecule has 0 radical (unpaired) electrons. The van der Waals surface area contributed by atoms with E-state index in [0.717, 1.165) is 6.42 Å². The van der Waals surface area contributed by atoms with Crippen molar-refractivity contribution in [1.82, 2.24) is 10.2 Å². The van der Waals surface area contributed by atoms with Gasteiger partial charge >= 0.3 is 0 Å². The molecule has 1 amide bonds. The summed E-state index contributed by atoms with van der Waals surface area (Å²) in [5.74, 6) is -0.353. The summed E-state index contributed by atoms with van der Waals surface area (Å²) in [5, 5.41) is 9.41. The average molecular weight is 300 g/mol. The smallest absolute Gasteiger partial charge is 0.225 e. The first kappa shape index (κ1) is 14.5. The molecule has 0 saturated carbocycles. The zero-order chi connectivity index (χ0) is 15.5. The van der Waals surface area contributed by atoms with Crippen molar-refractivity contribution in [3.63, 3.8) is 0 Å². The minimum atomic E-state index is -0.369. The molecule has 5 nitrogen and oxygen atoms in total. The van der Waals surface area contributed by atoms with Crippen molar-refractivity contribution in [3.8, 4) is 11.3 Å². The first-order chi connectivity index (χ1) is 10.6. The van der Waals surface area contributed by atoms with Gasteiger partial charge in [-0.25, -0.2) is 4.39 Å². The number of allylic oxidation sites excluding steroid dienone is 1. The third-order valence-electron chi connectivity index (χ3n) is 3.71. The maximum atomic E-state index is 13.9. The van der Waals surface area contributed by atoms with Crippen LogP contribution in [0.15, 0.2) is 42.6 Å². The van der Waals surface area contributed by atoms with Crippen molar-refractivity contribution in [1.29, 1.82) is 0 Å². The second-order valence-corrected chi connectivity index (χ2v) is 5.44. The number of hydrogen-bond acceptors (Lipinski definition) is 3. The Hall–Kier alpha value is -2.47. The lowest BCUT2D eigenvalue weighted by atomic mass is 10.0. The number of carbonyl (C=O) groups is 1. The Balaban J connectivity index is 1.72. The largest absolute Gasteiger partial charge is 0.324 e. The van der Waals surface area contributed by atoms with E-state index in [0.29, 0.717) is 23.4 Å². The lowest BCUT2D eigenvalue weighted by Crippen LogP contribution is -2.19. The maximum absolute atomic E-state index is 13.9. The highest BCUT2D eigenvalue weighted by atomic mass is 19.1. The van der Waals surface area contributed by atoms with Gasteiger partial charge in [0.2, 0.25) is 5.91 Å². The number of nitrogens with two attached hydrogens (primary N) is 1. The fourth-order valence-corrected chi connectivity index (χ4v) is 2.65. The maximum Gasteiger partial charge on any atom is 0.225 e. The lowest BCUT2D eigenvalue weighted by molar-refractivity contribution is -0.116. The number of rotatable bonds is 4. The first-order valence-electron chi connectivity index (χ1n) is 7.15. The molecule has 1 aliphatic carbocycles. The number of anilines is 1. The zero-order valence-corrected chi connectivity index (χ0v) is 11.9. The van der Waals surface area contributed by atoms with Gasteiger partial charge in [0.1, 0.15) is 5.82 Å². The van der Waals surface area contributed by atoms with Crippen molar-refractivity contribution in [2.75, 3.05) is 5.32 Å². The third-order valence-corrected chi connectivity index (χ3v) is 3.71. The van der Waals surface area contributed by atoms with Gasteiger partial charge in [-0.15, -0.1) is 0 Å². The van der Waals surface area contributed by atoms with E-state index in [1.807, 2.05) is 12.2 Å². The first-order valence-corrected chi connectivity index (χ1v) is 7.15. The van der Waals surface area contributed by atoms with Crippen LogP contribution in [-0.4, -0.2) is 22.1 Å². The molecule has 1 aliphatic rings. The van der Waals surface area contributed by atoms with E-state index in [4.69, 9.17) is 5.73 Å². The molecular formula is C16H17FN4O. The van der Waals surface area contributed by atoms with Crippen LogP contribution in [0.25, 0.3) is 11.3 Å². The van der Waals surface area contributed by atoms with E-state index in [-0.39, 0.29) is 23.7 Å². The summed E-state index contributed by atoms with van der Waals surface area (Å²) in [6, 6.07) is 6.38. The molecule has 0 spiro atoms. The predicted octanol–water partition coefficient (Wildman–Crippen LogP) is 2.45. The van der Waals surface area contributed by atoms with Gasteiger partial charge < -0.3 is 11.1 Å². The van der Waals surface area contributed by atoms with Gasteiger partial charge in [0.15, 0.2) is 0 Å². The number of halogens is 1. The number of carbonyl (C=O) groups excluding carboxylic acids is 1. The van der Waals surface area contributed by atoms with E-state index in [1.54, 1.807) is 18.2 Å². The van der Waals surface area contributed by atoms with Crippen LogP contribution in [0.2, 0.25) is 0 Å². The normalized spacial score (nSPS) is 20.3. The quantitative estimate of drug-likeness (QED) is 0.758. The summed E-state index contributed by atoms with van der Waals surface area (Å²) in [6.45, 7) is 0. The second kappa shape index (κ2) is 6.11. The van der Waals surface area contributed by atoms with Crippen molar-refractivity contribution < 1.29 is 9.18 Å². The van der Waals surface area contributed by atoms with Gasteiger partial charge in [0, 0.05) is 18.0 Å². The van der Waals surface area contributed by atoms with E-state index in [9.17, 15) is 9.18 Å². The molecule has 1 heterocycles. The Morgan fingerprint density at radius 3 is 2.95 bits per heavy atom. The summed E-state index contributed by atoms with van der Waals surface area (Å²) < 4.78 is 13.9. The number of nitrogens with zero attached hydrogens (tertiary/aromatic N) is 1. The van der Waals surface area contributed by atoms with Crippen LogP contribution in [0.1, 0.15) is 12.8 Å². The van der Waals surface area contributed by atoms with Gasteiger partial charge in [-0.2, -0.15) is 5.10 Å². The number of aromatic nitrogens is 2. The monoisotopic (exact) mass is 300 g/mol. The van der Waals surface area contributed by atoms with Crippen LogP contribution in [0, 0.1) is 11.7 Å². The van der Waals surface area contributed by atoms with Crippen molar-refractivity contribution >= 4 is 11.6 Å². The van der Waals surface area contributed by atoms with Crippen LogP contribution in [0.5, 0.6) is 0 Å². The van der Waals surface area contributed by atoms with Gasteiger partial charge in [-0.3, -0.25) is 9.89 Å². The molecule has 0 aliphatic heterocycles. The standard InChI is InChI=1S/C16H17FN4O/c17-13-4-2-1-3-12(13)16-14(9-19-21-16)20-15(22)8-10-5-6-11(18)7-10/h1-6,9-11H,7-8,18H2,(H,19,21)(H,20,22)/t10-,11+/m1/s1. The van der Waals surface area contributed by atoms with E-state index in [1.165, 1.54) is 12.3 Å². The highest BCUT2D eigenvalue weighted by Crippen LogP contribution is 2.28. The predicted molar refractivity (Wildman–Crippen MR) is 82.5 cm³/mol. The molecule has 3 rings (SSSR count).